The third kappa shape index (κ3) is 1.80. The maximum atomic E-state index is 13.5. The van der Waals surface area contributed by atoms with E-state index in [-0.39, 0.29) is 5.82 Å². The molecule has 0 aromatic heterocycles. The highest BCUT2D eigenvalue weighted by Crippen LogP contribution is 2.28. The van der Waals surface area contributed by atoms with E-state index >= 15 is 0 Å². The number of halogens is 1. The zero-order chi connectivity index (χ0) is 10.1. The monoisotopic (exact) mass is 193 g/mol. The Morgan fingerprint density at radius 1 is 1.43 bits per heavy atom. The van der Waals surface area contributed by atoms with Gasteiger partial charge in [0, 0.05) is 12.5 Å². The van der Waals surface area contributed by atoms with Crippen LogP contribution in [0, 0.1) is 12.7 Å². The smallest absolute Gasteiger partial charge is 0.126 e. The van der Waals surface area contributed by atoms with Gasteiger partial charge in [-0.15, -0.1) is 0 Å². The van der Waals surface area contributed by atoms with E-state index < -0.39 is 0 Å². The van der Waals surface area contributed by atoms with Crippen LogP contribution in [0.2, 0.25) is 0 Å². The molecule has 2 heteroatoms. The molecule has 2 rings (SSSR count). The first kappa shape index (κ1) is 9.66. The maximum absolute atomic E-state index is 13.5. The van der Waals surface area contributed by atoms with Gasteiger partial charge in [0.15, 0.2) is 0 Å². The summed E-state index contributed by atoms with van der Waals surface area (Å²) >= 11 is 0. The first-order chi connectivity index (χ1) is 6.66. The van der Waals surface area contributed by atoms with Gasteiger partial charge in [0.2, 0.25) is 0 Å². The van der Waals surface area contributed by atoms with Crippen molar-refractivity contribution in [1.29, 1.82) is 0 Å². The number of likely N-dealkylation sites (N-methyl/N-ethyl adjacent to an activating group) is 1. The molecule has 14 heavy (non-hydrogen) atoms. The largest absolute Gasteiger partial charge is 0.306 e. The molecule has 1 saturated heterocycles. The van der Waals surface area contributed by atoms with Crippen LogP contribution in [-0.2, 0) is 0 Å². The van der Waals surface area contributed by atoms with E-state index in [1.165, 1.54) is 0 Å². The summed E-state index contributed by atoms with van der Waals surface area (Å²) in [5.41, 5.74) is 2.05. The predicted octanol–water partition coefficient (Wildman–Crippen LogP) is 2.55. The Morgan fingerprint density at radius 3 is 2.86 bits per heavy atom. The van der Waals surface area contributed by atoms with E-state index in [4.69, 9.17) is 0 Å². The summed E-state index contributed by atoms with van der Waals surface area (Å²) in [6, 6.07) is 5.40. The second-order valence-electron chi connectivity index (χ2n) is 4.27. The van der Waals surface area contributed by atoms with Crippen molar-refractivity contribution in [2.24, 2.45) is 0 Å². The first-order valence-corrected chi connectivity index (χ1v) is 5.11. The molecule has 0 radical (unpaired) electrons. The van der Waals surface area contributed by atoms with Crippen LogP contribution in [0.4, 0.5) is 4.39 Å². The van der Waals surface area contributed by atoms with Gasteiger partial charge in [0.25, 0.3) is 0 Å². The van der Waals surface area contributed by atoms with E-state index in [0.29, 0.717) is 5.92 Å². The molecule has 1 heterocycles. The summed E-state index contributed by atoms with van der Waals surface area (Å²) in [5.74, 6) is 0.343. The summed E-state index contributed by atoms with van der Waals surface area (Å²) in [6.45, 7) is 4.08. The standard InChI is InChI=1S/C12H16FN/c1-9-3-4-12(13)11(7-9)10-5-6-14(2)8-10/h3-4,7,10H,5-6,8H2,1-2H3. The van der Waals surface area contributed by atoms with Crippen LogP contribution in [0.1, 0.15) is 23.5 Å². The molecule has 0 bridgehead atoms. The number of hydrogen-bond donors (Lipinski definition) is 0. The van der Waals surface area contributed by atoms with Crippen LogP contribution in [0.15, 0.2) is 18.2 Å². The molecule has 76 valence electrons. The van der Waals surface area contributed by atoms with Crippen LogP contribution in [0.25, 0.3) is 0 Å². The van der Waals surface area contributed by atoms with Gasteiger partial charge < -0.3 is 4.90 Å². The van der Waals surface area contributed by atoms with Crippen molar-refractivity contribution in [1.82, 2.24) is 4.90 Å². The normalized spacial score (nSPS) is 22.9. The molecule has 1 nitrogen and oxygen atoms in total. The van der Waals surface area contributed by atoms with Crippen LogP contribution in [0.5, 0.6) is 0 Å². The molecule has 0 N–H and O–H groups in total. The molecular weight excluding hydrogens is 177 g/mol. The highest BCUT2D eigenvalue weighted by molar-refractivity contribution is 5.28. The molecular formula is C12H16FN. The third-order valence-electron chi connectivity index (χ3n) is 2.98. The number of benzene rings is 1. The Hall–Kier alpha value is -0.890. The van der Waals surface area contributed by atoms with E-state index in [1.807, 2.05) is 19.1 Å². The van der Waals surface area contributed by atoms with E-state index in [1.54, 1.807) is 6.07 Å². The number of rotatable bonds is 1. The lowest BCUT2D eigenvalue weighted by Gasteiger charge is -2.12. The van der Waals surface area contributed by atoms with Gasteiger partial charge >= 0.3 is 0 Å². The highest BCUT2D eigenvalue weighted by Gasteiger charge is 2.23. The van der Waals surface area contributed by atoms with E-state index in [0.717, 1.165) is 30.6 Å². The number of aryl methyl sites for hydroxylation is 1. The second kappa shape index (κ2) is 3.70. The van der Waals surface area contributed by atoms with Gasteiger partial charge in [-0.25, -0.2) is 4.39 Å². The Morgan fingerprint density at radius 2 is 2.21 bits per heavy atom. The van der Waals surface area contributed by atoms with Crippen molar-refractivity contribution in [2.75, 3.05) is 20.1 Å². The molecule has 0 aliphatic carbocycles. The van der Waals surface area contributed by atoms with E-state index in [9.17, 15) is 4.39 Å². The van der Waals surface area contributed by atoms with Crippen molar-refractivity contribution in [3.63, 3.8) is 0 Å². The molecule has 1 aliphatic rings. The van der Waals surface area contributed by atoms with Crippen molar-refractivity contribution in [3.8, 4) is 0 Å². The zero-order valence-electron chi connectivity index (χ0n) is 8.76. The predicted molar refractivity (Wildman–Crippen MR) is 56.0 cm³/mol. The van der Waals surface area contributed by atoms with Gasteiger partial charge in [0.05, 0.1) is 0 Å². The van der Waals surface area contributed by atoms with Crippen molar-refractivity contribution in [3.05, 3.63) is 35.1 Å². The molecule has 1 unspecified atom stereocenters. The van der Waals surface area contributed by atoms with Gasteiger partial charge in [-0.2, -0.15) is 0 Å². The summed E-state index contributed by atoms with van der Waals surface area (Å²) < 4.78 is 13.5. The minimum atomic E-state index is -0.0455. The van der Waals surface area contributed by atoms with E-state index in [2.05, 4.69) is 11.9 Å². The Labute approximate surface area is 84.5 Å². The molecule has 0 spiro atoms. The molecule has 1 fully saturated rings. The summed E-state index contributed by atoms with van der Waals surface area (Å²) in [5, 5.41) is 0. The van der Waals surface area contributed by atoms with Crippen molar-refractivity contribution >= 4 is 0 Å². The van der Waals surface area contributed by atoms with Gasteiger partial charge in [-0.3, -0.25) is 0 Å². The topological polar surface area (TPSA) is 3.24 Å². The fourth-order valence-corrected chi connectivity index (χ4v) is 2.16. The van der Waals surface area contributed by atoms with Gasteiger partial charge in [-0.1, -0.05) is 17.7 Å². The average Bonchev–Trinajstić information content (AvgIpc) is 2.56. The number of hydrogen-bond acceptors (Lipinski definition) is 1. The SMILES string of the molecule is Cc1ccc(F)c(C2CCN(C)C2)c1. The van der Waals surface area contributed by atoms with Crippen LogP contribution < -0.4 is 0 Å². The molecule has 1 aromatic carbocycles. The van der Waals surface area contributed by atoms with Crippen LogP contribution >= 0.6 is 0 Å². The lowest BCUT2D eigenvalue weighted by molar-refractivity contribution is 0.410. The quantitative estimate of drug-likeness (QED) is 0.662. The first-order valence-electron chi connectivity index (χ1n) is 5.11. The number of nitrogens with zero attached hydrogens (tertiary/aromatic N) is 1. The zero-order valence-corrected chi connectivity index (χ0v) is 8.76. The summed E-state index contributed by atoms with van der Waals surface area (Å²) in [7, 11) is 2.09. The lowest BCUT2D eigenvalue weighted by Crippen LogP contribution is -2.13. The van der Waals surface area contributed by atoms with Crippen LogP contribution in [-0.4, -0.2) is 25.0 Å². The second-order valence-corrected chi connectivity index (χ2v) is 4.27. The number of likely N-dealkylation sites (tertiary alicyclic amines) is 1. The third-order valence-corrected chi connectivity index (χ3v) is 2.98. The maximum Gasteiger partial charge on any atom is 0.126 e. The lowest BCUT2D eigenvalue weighted by atomic mass is 9.96. The molecule has 1 aromatic rings. The molecule has 1 atom stereocenters. The molecule has 1 aliphatic heterocycles. The summed E-state index contributed by atoms with van der Waals surface area (Å²) in [6.07, 6.45) is 1.08. The fourth-order valence-electron chi connectivity index (χ4n) is 2.16. The van der Waals surface area contributed by atoms with Crippen LogP contribution in [0.3, 0.4) is 0 Å². The van der Waals surface area contributed by atoms with Gasteiger partial charge in [0.1, 0.15) is 5.82 Å². The average molecular weight is 193 g/mol. The summed E-state index contributed by atoms with van der Waals surface area (Å²) in [4.78, 5) is 2.26. The Bertz CT molecular complexity index is 335. The minimum Gasteiger partial charge on any atom is -0.306 e. The minimum absolute atomic E-state index is 0.0455. The Balaban J connectivity index is 2.27. The highest BCUT2D eigenvalue weighted by atomic mass is 19.1. The van der Waals surface area contributed by atoms with Crippen molar-refractivity contribution in [2.45, 2.75) is 19.3 Å². The Kier molecular flexibility index (Phi) is 2.55. The molecule has 0 saturated carbocycles. The fraction of sp³-hybridized carbons (Fsp3) is 0.500. The van der Waals surface area contributed by atoms with Crippen molar-refractivity contribution < 1.29 is 4.39 Å². The molecule has 0 amide bonds. The van der Waals surface area contributed by atoms with Gasteiger partial charge in [-0.05, 0) is 38.6 Å².